The van der Waals surface area contributed by atoms with Gasteiger partial charge in [0.15, 0.2) is 0 Å². The van der Waals surface area contributed by atoms with Crippen LogP contribution in [0.5, 0.6) is 0 Å². The highest BCUT2D eigenvalue weighted by Gasteiger charge is 2.31. The summed E-state index contributed by atoms with van der Waals surface area (Å²) in [6, 6.07) is 5.01. The Morgan fingerprint density at radius 1 is 1.07 bits per heavy atom. The number of aryl methyl sites for hydroxylation is 1. The molecule has 0 unspecified atom stereocenters. The van der Waals surface area contributed by atoms with E-state index < -0.39 is 5.82 Å². The second-order valence-corrected chi connectivity index (χ2v) is 13.3. The van der Waals surface area contributed by atoms with E-state index in [9.17, 15) is 14.0 Å². The molecule has 2 aromatic heterocycles. The maximum Gasteiger partial charge on any atom is 0.317 e. The van der Waals surface area contributed by atoms with E-state index in [2.05, 4.69) is 28.3 Å². The molecule has 2 aliphatic heterocycles. The van der Waals surface area contributed by atoms with E-state index in [1.54, 1.807) is 18.0 Å². The maximum absolute atomic E-state index is 14.4. The lowest BCUT2D eigenvalue weighted by molar-refractivity contribution is 0.0754. The molecule has 6 rings (SSSR count). The van der Waals surface area contributed by atoms with Crippen molar-refractivity contribution in [2.24, 2.45) is 11.8 Å². The molecule has 8 nitrogen and oxygen atoms in total. The second-order valence-electron chi connectivity index (χ2n) is 13.3. The van der Waals surface area contributed by atoms with Gasteiger partial charge in [-0.2, -0.15) is 0 Å². The number of fused-ring (bicyclic) bond motifs is 1. The molecule has 1 aliphatic carbocycles. The van der Waals surface area contributed by atoms with Gasteiger partial charge in [-0.15, -0.1) is 0 Å². The van der Waals surface area contributed by atoms with Crippen LogP contribution >= 0.6 is 0 Å². The van der Waals surface area contributed by atoms with Crippen LogP contribution in [0.15, 0.2) is 36.8 Å². The lowest BCUT2D eigenvalue weighted by atomic mass is 9.96. The minimum Gasteiger partial charge on any atom is -0.339 e. The van der Waals surface area contributed by atoms with Crippen LogP contribution in [-0.4, -0.2) is 88.0 Å². The maximum atomic E-state index is 14.4. The van der Waals surface area contributed by atoms with Crippen LogP contribution in [-0.2, 0) is 6.42 Å². The number of benzene rings is 1. The van der Waals surface area contributed by atoms with E-state index in [0.29, 0.717) is 29.1 Å². The fourth-order valence-electron chi connectivity index (χ4n) is 6.84. The average Bonchev–Trinajstić information content (AvgIpc) is 3.58. The topological polar surface area (TPSA) is 73.7 Å². The van der Waals surface area contributed by atoms with Crippen molar-refractivity contribution in [2.75, 3.05) is 39.8 Å². The van der Waals surface area contributed by atoms with Crippen LogP contribution < -0.4 is 5.32 Å². The highest BCUT2D eigenvalue weighted by Crippen LogP contribution is 2.33. The van der Waals surface area contributed by atoms with Crippen LogP contribution in [0.4, 0.5) is 9.18 Å². The highest BCUT2D eigenvalue weighted by atomic mass is 19.1. The summed E-state index contributed by atoms with van der Waals surface area (Å²) in [6.07, 6.45) is 12.4. The van der Waals surface area contributed by atoms with Gasteiger partial charge in [-0.1, -0.05) is 0 Å². The Morgan fingerprint density at radius 2 is 1.81 bits per heavy atom. The molecule has 1 atom stereocenters. The number of halogens is 1. The van der Waals surface area contributed by atoms with Gasteiger partial charge in [0.25, 0.3) is 5.91 Å². The summed E-state index contributed by atoms with van der Waals surface area (Å²) in [6.45, 7) is 11.0. The number of hydrogen-bond donors (Lipinski definition) is 1. The Morgan fingerprint density at radius 3 is 2.53 bits per heavy atom. The Labute approximate surface area is 254 Å². The number of carbonyl (C=O) groups excluding carboxylic acids is 2. The lowest BCUT2D eigenvalue weighted by Crippen LogP contribution is -2.46. The minimum absolute atomic E-state index is 0.00539. The van der Waals surface area contributed by atoms with Crippen molar-refractivity contribution in [3.8, 4) is 5.69 Å². The zero-order valence-electron chi connectivity index (χ0n) is 26.0. The number of hydrogen-bond acceptors (Lipinski definition) is 4. The van der Waals surface area contributed by atoms with Crippen LogP contribution in [0.25, 0.3) is 16.6 Å². The molecule has 3 aliphatic rings. The number of nitrogens with one attached hydrogen (secondary N) is 1. The van der Waals surface area contributed by atoms with Gasteiger partial charge < -0.3 is 24.6 Å². The Balaban J connectivity index is 1.16. The number of urea groups is 1. The number of rotatable bonds is 8. The fraction of sp³-hybridized carbons (Fsp3) is 0.559. The van der Waals surface area contributed by atoms with Gasteiger partial charge in [-0.05, 0) is 107 Å². The number of carbonyl (C=O) groups is 2. The van der Waals surface area contributed by atoms with Crippen molar-refractivity contribution in [3.63, 3.8) is 0 Å². The molecule has 9 heteroatoms. The van der Waals surface area contributed by atoms with Gasteiger partial charge in [0.2, 0.25) is 0 Å². The van der Waals surface area contributed by atoms with E-state index in [0.717, 1.165) is 82.3 Å². The Bertz CT molecular complexity index is 1490. The molecule has 1 aromatic carbocycles. The van der Waals surface area contributed by atoms with Gasteiger partial charge in [0.1, 0.15) is 5.82 Å². The molecule has 1 saturated carbocycles. The van der Waals surface area contributed by atoms with Crippen molar-refractivity contribution in [2.45, 2.75) is 71.4 Å². The van der Waals surface area contributed by atoms with Crippen LogP contribution in [0.3, 0.4) is 0 Å². The summed E-state index contributed by atoms with van der Waals surface area (Å²) in [4.78, 5) is 36.6. The molecule has 4 heterocycles. The molecule has 0 spiro atoms. The lowest BCUT2D eigenvalue weighted by Gasteiger charge is -2.34. The van der Waals surface area contributed by atoms with Crippen molar-refractivity contribution in [3.05, 3.63) is 59.3 Å². The summed E-state index contributed by atoms with van der Waals surface area (Å²) in [5.41, 5.74) is 4.32. The van der Waals surface area contributed by atoms with Gasteiger partial charge >= 0.3 is 6.03 Å². The predicted octanol–water partition coefficient (Wildman–Crippen LogP) is 5.40. The SMILES string of the molecule is Cc1cncc2c1c(C[C@H]1CCN(CC3CCN(C(=O)NC4CC4)CC3)C1)cn2-c1ccc(F)cc1C(=O)N(C)C(C)C. The molecule has 1 N–H and O–H groups in total. The first-order valence-corrected chi connectivity index (χ1v) is 16.0. The van der Waals surface area contributed by atoms with Crippen LogP contribution in [0, 0.1) is 24.6 Å². The quantitative estimate of drug-likeness (QED) is 0.383. The third-order valence-corrected chi connectivity index (χ3v) is 9.73. The third-order valence-electron chi connectivity index (χ3n) is 9.73. The molecular formula is C34H45FN6O2. The molecule has 230 valence electrons. The van der Waals surface area contributed by atoms with Gasteiger partial charge in [-0.25, -0.2) is 9.18 Å². The normalized spacial score (nSPS) is 19.9. The predicted molar refractivity (Wildman–Crippen MR) is 167 cm³/mol. The number of piperidine rings is 1. The third kappa shape index (κ3) is 6.42. The highest BCUT2D eigenvalue weighted by molar-refractivity contribution is 5.99. The van der Waals surface area contributed by atoms with E-state index in [1.807, 2.05) is 35.7 Å². The van der Waals surface area contributed by atoms with Crippen LogP contribution in [0.2, 0.25) is 0 Å². The number of aromatic nitrogens is 2. The number of likely N-dealkylation sites (tertiary alicyclic amines) is 2. The summed E-state index contributed by atoms with van der Waals surface area (Å²) in [7, 11) is 1.76. The molecule has 0 bridgehead atoms. The summed E-state index contributed by atoms with van der Waals surface area (Å²) < 4.78 is 16.5. The molecule has 3 amide bonds. The first-order chi connectivity index (χ1) is 20.7. The summed E-state index contributed by atoms with van der Waals surface area (Å²) in [5.74, 6) is 0.553. The zero-order valence-corrected chi connectivity index (χ0v) is 26.0. The van der Waals surface area contributed by atoms with E-state index in [4.69, 9.17) is 0 Å². The van der Waals surface area contributed by atoms with E-state index in [1.165, 1.54) is 23.1 Å². The zero-order chi connectivity index (χ0) is 30.2. The standard InChI is InChI=1S/C34H45FN6O2/c1-22(2)38(4)33(42)29-16-27(35)5-8-30(29)41-21-26(32-23(3)17-36-18-31(32)41)15-25-9-12-39(20-25)19-24-10-13-40(14-11-24)34(43)37-28-6-7-28/h5,8,16-18,21-22,24-25,28H,6-7,9-15,19-20H2,1-4H3,(H,37,43)/t25-/m1/s1. The molecule has 43 heavy (non-hydrogen) atoms. The summed E-state index contributed by atoms with van der Waals surface area (Å²) >= 11 is 0. The smallest absolute Gasteiger partial charge is 0.317 e. The molecule has 0 radical (unpaired) electrons. The minimum atomic E-state index is -0.423. The number of pyridine rings is 1. The van der Waals surface area contributed by atoms with E-state index in [-0.39, 0.29) is 18.0 Å². The van der Waals surface area contributed by atoms with Gasteiger partial charge in [0.05, 0.1) is 23.0 Å². The largest absolute Gasteiger partial charge is 0.339 e. The van der Waals surface area contributed by atoms with Crippen molar-refractivity contribution in [1.29, 1.82) is 0 Å². The van der Waals surface area contributed by atoms with Crippen molar-refractivity contribution < 1.29 is 14.0 Å². The van der Waals surface area contributed by atoms with E-state index >= 15 is 0 Å². The van der Waals surface area contributed by atoms with Crippen LogP contribution in [0.1, 0.15) is 67.4 Å². The number of nitrogens with zero attached hydrogens (tertiary/aromatic N) is 5. The Hall–Kier alpha value is -3.46. The molecule has 3 aromatic rings. The fourth-order valence-corrected chi connectivity index (χ4v) is 6.84. The Kier molecular flexibility index (Phi) is 8.45. The van der Waals surface area contributed by atoms with Crippen molar-refractivity contribution >= 4 is 22.8 Å². The monoisotopic (exact) mass is 588 g/mol. The van der Waals surface area contributed by atoms with Gasteiger partial charge in [0, 0.05) is 63.1 Å². The second kappa shape index (κ2) is 12.3. The van der Waals surface area contributed by atoms with Crippen molar-refractivity contribution in [1.82, 2.24) is 29.6 Å². The number of amides is 3. The first-order valence-electron chi connectivity index (χ1n) is 16.0. The molecule has 2 saturated heterocycles. The molecular weight excluding hydrogens is 543 g/mol. The van der Waals surface area contributed by atoms with Gasteiger partial charge in [-0.3, -0.25) is 9.78 Å². The average molecular weight is 589 g/mol. The molecule has 3 fully saturated rings. The summed E-state index contributed by atoms with van der Waals surface area (Å²) in [5, 5.41) is 4.30. The first kappa shape index (κ1) is 29.6.